The van der Waals surface area contributed by atoms with E-state index in [1.807, 2.05) is 47.3 Å². The van der Waals surface area contributed by atoms with Gasteiger partial charge in [-0.15, -0.1) is 11.3 Å². The minimum atomic E-state index is -0.450. The van der Waals surface area contributed by atoms with E-state index in [2.05, 4.69) is 16.0 Å². The first-order chi connectivity index (χ1) is 20.5. The lowest BCUT2D eigenvalue weighted by atomic mass is 9.93. The van der Waals surface area contributed by atoms with Gasteiger partial charge in [-0.1, -0.05) is 30.3 Å². The number of aromatic nitrogens is 5. The van der Waals surface area contributed by atoms with E-state index in [-0.39, 0.29) is 35.2 Å². The van der Waals surface area contributed by atoms with Crippen LogP contribution in [0.15, 0.2) is 71.1 Å². The lowest BCUT2D eigenvalue weighted by Crippen LogP contribution is -2.23. The molecule has 2 aliphatic rings. The van der Waals surface area contributed by atoms with Crippen LogP contribution in [-0.2, 0) is 0 Å². The zero-order chi connectivity index (χ0) is 28.5. The predicted molar refractivity (Wildman–Crippen MR) is 161 cm³/mol. The quantitative estimate of drug-likeness (QED) is 0.235. The summed E-state index contributed by atoms with van der Waals surface area (Å²) in [5.41, 5.74) is 11.3. The third-order valence-corrected chi connectivity index (χ3v) is 9.16. The number of hydrogen-bond donors (Lipinski definition) is 1. The Hall–Kier alpha value is -4.57. The Labute approximate surface area is 244 Å². The van der Waals surface area contributed by atoms with Crippen LogP contribution in [0.5, 0.6) is 5.75 Å². The summed E-state index contributed by atoms with van der Waals surface area (Å²) in [6, 6.07) is 16.5. The maximum Gasteiger partial charge on any atom is 0.264 e. The second kappa shape index (κ2) is 9.49. The predicted octanol–water partition coefficient (Wildman–Crippen LogP) is 6.41. The molecular weight excluding hydrogens is 551 g/mol. The van der Waals surface area contributed by atoms with Gasteiger partial charge < -0.3 is 10.5 Å². The second-order valence-corrected chi connectivity index (χ2v) is 12.1. The van der Waals surface area contributed by atoms with E-state index in [9.17, 15) is 4.79 Å². The molecule has 10 heteroatoms. The van der Waals surface area contributed by atoms with Crippen LogP contribution >= 0.6 is 11.3 Å². The van der Waals surface area contributed by atoms with E-state index in [1.54, 1.807) is 27.9 Å². The molecule has 42 heavy (non-hydrogen) atoms. The van der Waals surface area contributed by atoms with Gasteiger partial charge in [-0.2, -0.15) is 5.10 Å². The molecule has 0 bridgehead atoms. The van der Waals surface area contributed by atoms with Crippen LogP contribution < -0.4 is 16.0 Å². The average molecular weight is 579 g/mol. The van der Waals surface area contributed by atoms with Crippen molar-refractivity contribution < 1.29 is 9.13 Å². The van der Waals surface area contributed by atoms with Crippen molar-refractivity contribution >= 4 is 33.0 Å². The van der Waals surface area contributed by atoms with E-state index >= 15 is 4.39 Å². The molecule has 2 saturated carbocycles. The molecule has 2 fully saturated rings. The number of rotatable bonds is 7. The van der Waals surface area contributed by atoms with Gasteiger partial charge in [-0.25, -0.2) is 19.0 Å². The highest BCUT2D eigenvalue weighted by Crippen LogP contribution is 2.48. The molecule has 4 heterocycles. The zero-order valence-electron chi connectivity index (χ0n) is 22.8. The number of nitrogen functional groups attached to an aromatic ring is 1. The summed E-state index contributed by atoms with van der Waals surface area (Å²) >= 11 is 1.54. The lowest BCUT2D eigenvalue weighted by Gasteiger charge is -2.22. The molecule has 8 rings (SSSR count). The van der Waals surface area contributed by atoms with Gasteiger partial charge in [0, 0.05) is 16.6 Å². The van der Waals surface area contributed by atoms with Crippen LogP contribution in [0.25, 0.3) is 38.2 Å². The van der Waals surface area contributed by atoms with Crippen molar-refractivity contribution in [3.05, 3.63) is 93.7 Å². The van der Waals surface area contributed by atoms with Crippen molar-refractivity contribution in [2.24, 2.45) is 5.92 Å². The standard InChI is InChI=1S/C32H27FN6O2S/c1-17-15-42-25-14-22(26(32(40)38(17)25)18-5-3-2-4-6-18)29(19-7-8-19)39-31-27(30(34)35-16-36-31)28(37-39)20-9-12-24(23(33)13-20)41-21-10-11-21/h2-6,9,12-16,19,21,29H,7-8,10-11H2,1H3,(H2,34,35,36). The monoisotopic (exact) mass is 578 g/mol. The SMILES string of the molecule is Cc1csc2cc(C(C3CC3)n3nc(-c4ccc(OC5CC5)c(F)c4)c4c(N)ncnc43)c(-c3ccccc3)c(=O)n12. The minimum absolute atomic E-state index is 0.0581. The number of hydrogen-bond acceptors (Lipinski definition) is 7. The summed E-state index contributed by atoms with van der Waals surface area (Å²) < 4.78 is 24.6. The lowest BCUT2D eigenvalue weighted by molar-refractivity contribution is 0.287. The van der Waals surface area contributed by atoms with E-state index in [0.29, 0.717) is 27.9 Å². The summed E-state index contributed by atoms with van der Waals surface area (Å²) in [6.45, 7) is 1.95. The Morgan fingerprint density at radius 2 is 1.86 bits per heavy atom. The number of pyridine rings is 1. The molecule has 0 radical (unpaired) electrons. The molecule has 0 spiro atoms. The Morgan fingerprint density at radius 3 is 2.60 bits per heavy atom. The van der Waals surface area contributed by atoms with Crippen LogP contribution in [-0.4, -0.2) is 30.3 Å². The largest absolute Gasteiger partial charge is 0.487 e. The topological polar surface area (TPSA) is 100 Å². The smallest absolute Gasteiger partial charge is 0.264 e. The maximum absolute atomic E-state index is 15.2. The number of nitrogens with zero attached hydrogens (tertiary/aromatic N) is 5. The summed E-state index contributed by atoms with van der Waals surface area (Å²) in [6.07, 6.45) is 5.37. The fourth-order valence-electron chi connectivity index (χ4n) is 5.85. The zero-order valence-corrected chi connectivity index (χ0v) is 23.6. The normalized spacial score (nSPS) is 15.9. The molecule has 0 aliphatic heterocycles. The number of aryl methyl sites for hydroxylation is 1. The van der Waals surface area contributed by atoms with E-state index < -0.39 is 5.82 Å². The number of anilines is 1. The molecule has 2 N–H and O–H groups in total. The number of fused-ring (bicyclic) bond motifs is 2. The molecule has 2 aliphatic carbocycles. The highest BCUT2D eigenvalue weighted by molar-refractivity contribution is 7.15. The molecule has 210 valence electrons. The van der Waals surface area contributed by atoms with Gasteiger partial charge in [0.2, 0.25) is 0 Å². The molecule has 0 amide bonds. The van der Waals surface area contributed by atoms with Gasteiger partial charge >= 0.3 is 0 Å². The first-order valence-electron chi connectivity index (χ1n) is 14.1. The van der Waals surface area contributed by atoms with Crippen molar-refractivity contribution in [2.45, 2.75) is 44.8 Å². The molecular formula is C32H27FN6O2S. The number of halogens is 1. The molecule has 0 saturated heterocycles. The number of nitrogens with two attached hydrogens (primary N) is 1. The van der Waals surface area contributed by atoms with Crippen molar-refractivity contribution in [1.82, 2.24) is 24.1 Å². The van der Waals surface area contributed by atoms with Gasteiger partial charge in [0.05, 0.1) is 23.1 Å². The Bertz CT molecular complexity index is 2060. The number of ether oxygens (including phenoxy) is 1. The van der Waals surface area contributed by atoms with Crippen LogP contribution in [0.2, 0.25) is 0 Å². The Morgan fingerprint density at radius 1 is 1.05 bits per heavy atom. The van der Waals surface area contributed by atoms with E-state index in [1.165, 1.54) is 12.4 Å². The molecule has 1 atom stereocenters. The summed E-state index contributed by atoms with van der Waals surface area (Å²) in [5, 5.41) is 7.63. The first kappa shape index (κ1) is 25.2. The fraction of sp³-hybridized carbons (Fsp3) is 0.250. The Kier molecular flexibility index (Phi) is 5.68. The van der Waals surface area contributed by atoms with Gasteiger partial charge in [0.15, 0.2) is 17.2 Å². The molecule has 2 aromatic carbocycles. The summed E-state index contributed by atoms with van der Waals surface area (Å²) in [5.74, 6) is 0.294. The third kappa shape index (κ3) is 4.08. The van der Waals surface area contributed by atoms with Crippen molar-refractivity contribution in [3.63, 3.8) is 0 Å². The Balaban J connectivity index is 1.37. The van der Waals surface area contributed by atoms with Crippen LogP contribution in [0.3, 0.4) is 0 Å². The van der Waals surface area contributed by atoms with Gasteiger partial charge in [-0.05, 0) is 73.9 Å². The maximum atomic E-state index is 15.2. The average Bonchev–Trinajstić information content (AvgIpc) is 3.92. The molecule has 4 aromatic heterocycles. The molecule has 1 unspecified atom stereocenters. The fourth-order valence-corrected chi connectivity index (χ4v) is 6.77. The highest BCUT2D eigenvalue weighted by atomic mass is 32.1. The second-order valence-electron chi connectivity index (χ2n) is 11.2. The summed E-state index contributed by atoms with van der Waals surface area (Å²) in [4.78, 5) is 23.9. The molecule has 6 aromatic rings. The number of thiazole rings is 1. The highest BCUT2D eigenvalue weighted by Gasteiger charge is 2.39. The van der Waals surface area contributed by atoms with Gasteiger partial charge in [-0.3, -0.25) is 9.20 Å². The first-order valence-corrected chi connectivity index (χ1v) is 15.0. The van der Waals surface area contributed by atoms with Crippen LogP contribution in [0.1, 0.15) is 43.0 Å². The summed E-state index contributed by atoms with van der Waals surface area (Å²) in [7, 11) is 0. The third-order valence-electron chi connectivity index (χ3n) is 8.16. The van der Waals surface area contributed by atoms with Crippen LogP contribution in [0, 0.1) is 18.7 Å². The minimum Gasteiger partial charge on any atom is -0.487 e. The van der Waals surface area contributed by atoms with E-state index in [0.717, 1.165) is 47.3 Å². The molecule has 8 nitrogen and oxygen atoms in total. The van der Waals surface area contributed by atoms with Crippen LogP contribution in [0.4, 0.5) is 10.2 Å². The number of benzene rings is 2. The van der Waals surface area contributed by atoms with Crippen molar-refractivity contribution in [1.29, 1.82) is 0 Å². The van der Waals surface area contributed by atoms with Gasteiger partial charge in [0.1, 0.15) is 22.7 Å². The van der Waals surface area contributed by atoms with E-state index in [4.69, 9.17) is 15.6 Å². The van der Waals surface area contributed by atoms with Crippen molar-refractivity contribution in [2.75, 3.05) is 5.73 Å². The van der Waals surface area contributed by atoms with Crippen molar-refractivity contribution in [3.8, 4) is 28.1 Å². The van der Waals surface area contributed by atoms with Gasteiger partial charge in [0.25, 0.3) is 5.56 Å².